The van der Waals surface area contributed by atoms with E-state index in [0.717, 1.165) is 57.8 Å². The number of Topliss-reactive ketones (excluding diaryl/α,β-unsaturated/α-hetero) is 1. The van der Waals surface area contributed by atoms with Gasteiger partial charge in [0, 0.05) is 25.2 Å². The van der Waals surface area contributed by atoms with Crippen molar-refractivity contribution in [3.8, 4) is 11.8 Å². The summed E-state index contributed by atoms with van der Waals surface area (Å²) in [6, 6.07) is 0. The molecular weight excluding hydrogens is 328 g/mol. The van der Waals surface area contributed by atoms with Gasteiger partial charge < -0.3 is 10.2 Å². The number of carbonyl (C=O) groups excluding carboxylic acids is 1. The van der Waals surface area contributed by atoms with Gasteiger partial charge in [-0.15, -0.1) is 11.8 Å². The van der Waals surface area contributed by atoms with E-state index in [1.165, 1.54) is 0 Å². The Balaban J connectivity index is 2.28. The lowest BCUT2D eigenvalue weighted by Crippen LogP contribution is -2.37. The highest BCUT2D eigenvalue weighted by molar-refractivity contribution is 5.83. The number of carboxylic acid groups (broad SMARTS) is 1. The summed E-state index contributed by atoms with van der Waals surface area (Å²) in [4.78, 5) is 23.3. The molecule has 0 aromatic carbocycles. The van der Waals surface area contributed by atoms with Gasteiger partial charge in [0.05, 0.1) is 0 Å². The molecule has 0 radical (unpaired) electrons. The van der Waals surface area contributed by atoms with Crippen LogP contribution in [0.15, 0.2) is 0 Å². The van der Waals surface area contributed by atoms with E-state index < -0.39 is 11.6 Å². The van der Waals surface area contributed by atoms with Crippen LogP contribution in [0.5, 0.6) is 0 Å². The van der Waals surface area contributed by atoms with Crippen LogP contribution in [0.2, 0.25) is 0 Å². The molecule has 4 nitrogen and oxygen atoms in total. The van der Waals surface area contributed by atoms with Crippen molar-refractivity contribution in [2.45, 2.75) is 103 Å². The number of hydrogen-bond donors (Lipinski definition) is 2. The molecule has 1 rings (SSSR count). The summed E-state index contributed by atoms with van der Waals surface area (Å²) in [5.41, 5.74) is -1.59. The standard InChI is InChI=1S/C22H36O4/c1-3-5-6-7-8-10-13-18-15-16-20(23)19(18)14-11-9-12-17-22(26,4-2)21(24)25/h18-19,26H,3-5,8-17H2,1-2H3,(H,24,25)/t18-,19+,22?/m0/s1. The van der Waals surface area contributed by atoms with E-state index in [1.54, 1.807) is 6.92 Å². The molecule has 1 aliphatic rings. The third-order valence-corrected chi connectivity index (χ3v) is 5.71. The monoisotopic (exact) mass is 364 g/mol. The van der Waals surface area contributed by atoms with E-state index in [1.807, 2.05) is 0 Å². The molecule has 0 aromatic heterocycles. The second-order valence-electron chi connectivity index (χ2n) is 7.66. The Bertz CT molecular complexity index is 502. The molecule has 0 bridgehead atoms. The van der Waals surface area contributed by atoms with E-state index in [0.29, 0.717) is 24.5 Å². The summed E-state index contributed by atoms with van der Waals surface area (Å²) in [6.07, 6.45) is 10.8. The SMILES string of the molecule is CCCC#CCCC[C@H]1CCC(=O)[C@@H]1CCCCCC(O)(CC)C(=O)O. The Kier molecular flexibility index (Phi) is 10.6. The highest BCUT2D eigenvalue weighted by atomic mass is 16.4. The van der Waals surface area contributed by atoms with Crippen LogP contribution in [0.4, 0.5) is 0 Å². The van der Waals surface area contributed by atoms with Gasteiger partial charge in [-0.25, -0.2) is 4.79 Å². The first-order valence-electron chi connectivity index (χ1n) is 10.4. The number of aliphatic hydroxyl groups is 1. The predicted molar refractivity (Wildman–Crippen MR) is 104 cm³/mol. The minimum atomic E-state index is -1.59. The van der Waals surface area contributed by atoms with Crippen molar-refractivity contribution in [2.24, 2.45) is 11.8 Å². The summed E-state index contributed by atoms with van der Waals surface area (Å²) in [5, 5.41) is 19.1. The zero-order valence-electron chi connectivity index (χ0n) is 16.6. The number of unbranched alkanes of at least 4 members (excludes halogenated alkanes) is 4. The zero-order chi connectivity index (χ0) is 19.4. The zero-order valence-corrected chi connectivity index (χ0v) is 16.6. The van der Waals surface area contributed by atoms with Crippen molar-refractivity contribution >= 4 is 11.8 Å². The summed E-state index contributed by atoms with van der Waals surface area (Å²) >= 11 is 0. The largest absolute Gasteiger partial charge is 0.479 e. The molecule has 3 atom stereocenters. The van der Waals surface area contributed by atoms with E-state index in [-0.39, 0.29) is 18.8 Å². The average molecular weight is 365 g/mol. The van der Waals surface area contributed by atoms with Crippen LogP contribution in [0.25, 0.3) is 0 Å². The third-order valence-electron chi connectivity index (χ3n) is 5.71. The Hall–Kier alpha value is -1.34. The van der Waals surface area contributed by atoms with Crippen LogP contribution >= 0.6 is 0 Å². The van der Waals surface area contributed by atoms with Gasteiger partial charge in [-0.2, -0.15) is 0 Å². The molecule has 4 heteroatoms. The lowest BCUT2D eigenvalue weighted by atomic mass is 9.86. The minimum Gasteiger partial charge on any atom is -0.479 e. The summed E-state index contributed by atoms with van der Waals surface area (Å²) < 4.78 is 0. The van der Waals surface area contributed by atoms with Gasteiger partial charge in [0.15, 0.2) is 5.60 Å². The van der Waals surface area contributed by atoms with Crippen molar-refractivity contribution in [3.63, 3.8) is 0 Å². The molecular formula is C22H36O4. The number of ketones is 1. The van der Waals surface area contributed by atoms with Crippen LogP contribution in [0.1, 0.15) is 97.3 Å². The second-order valence-corrected chi connectivity index (χ2v) is 7.66. The van der Waals surface area contributed by atoms with Crippen molar-refractivity contribution in [1.82, 2.24) is 0 Å². The van der Waals surface area contributed by atoms with Crippen LogP contribution < -0.4 is 0 Å². The summed E-state index contributed by atoms with van der Waals surface area (Å²) in [5.74, 6) is 6.35. The van der Waals surface area contributed by atoms with Gasteiger partial charge in [-0.1, -0.05) is 26.7 Å². The first-order valence-corrected chi connectivity index (χ1v) is 10.4. The van der Waals surface area contributed by atoms with Gasteiger partial charge in [0.1, 0.15) is 5.78 Å². The Morgan fingerprint density at radius 1 is 1.12 bits per heavy atom. The number of aliphatic carboxylic acids is 1. The van der Waals surface area contributed by atoms with Crippen LogP contribution in [-0.4, -0.2) is 27.6 Å². The molecule has 0 heterocycles. The highest BCUT2D eigenvalue weighted by Gasteiger charge is 2.34. The molecule has 2 N–H and O–H groups in total. The lowest BCUT2D eigenvalue weighted by Gasteiger charge is -2.21. The van der Waals surface area contributed by atoms with Gasteiger partial charge in [0.25, 0.3) is 0 Å². The Labute approximate surface area is 158 Å². The van der Waals surface area contributed by atoms with Crippen molar-refractivity contribution in [2.75, 3.05) is 0 Å². The number of rotatable bonds is 12. The van der Waals surface area contributed by atoms with E-state index in [9.17, 15) is 14.7 Å². The van der Waals surface area contributed by atoms with E-state index >= 15 is 0 Å². The molecule has 1 saturated carbocycles. The molecule has 1 unspecified atom stereocenters. The molecule has 1 aliphatic carbocycles. The number of hydrogen-bond acceptors (Lipinski definition) is 3. The highest BCUT2D eigenvalue weighted by Crippen LogP contribution is 2.36. The molecule has 0 saturated heterocycles. The van der Waals surface area contributed by atoms with Gasteiger partial charge >= 0.3 is 5.97 Å². The molecule has 0 spiro atoms. The van der Waals surface area contributed by atoms with Crippen LogP contribution in [0.3, 0.4) is 0 Å². The average Bonchev–Trinajstić information content (AvgIpc) is 2.97. The third kappa shape index (κ3) is 7.50. The molecule has 148 valence electrons. The maximum Gasteiger partial charge on any atom is 0.335 e. The smallest absolute Gasteiger partial charge is 0.335 e. The first kappa shape index (κ1) is 22.7. The molecule has 1 fully saturated rings. The predicted octanol–water partition coefficient (Wildman–Crippen LogP) is 4.73. The molecule has 0 aliphatic heterocycles. The number of carboxylic acids is 1. The molecule has 0 amide bonds. The van der Waals surface area contributed by atoms with Crippen molar-refractivity contribution < 1.29 is 19.8 Å². The van der Waals surface area contributed by atoms with Gasteiger partial charge in [-0.05, 0) is 57.3 Å². The lowest BCUT2D eigenvalue weighted by molar-refractivity contribution is -0.159. The fraction of sp³-hybridized carbons (Fsp3) is 0.818. The maximum atomic E-state index is 12.2. The van der Waals surface area contributed by atoms with Gasteiger partial charge in [-0.3, -0.25) is 4.79 Å². The maximum absolute atomic E-state index is 12.2. The fourth-order valence-corrected chi connectivity index (χ4v) is 3.87. The quantitative estimate of drug-likeness (QED) is 0.388. The Morgan fingerprint density at radius 3 is 2.50 bits per heavy atom. The fourth-order valence-electron chi connectivity index (χ4n) is 3.87. The van der Waals surface area contributed by atoms with E-state index in [2.05, 4.69) is 18.8 Å². The molecule has 0 aromatic rings. The number of carbonyl (C=O) groups is 2. The summed E-state index contributed by atoms with van der Waals surface area (Å²) in [7, 11) is 0. The Morgan fingerprint density at radius 2 is 1.85 bits per heavy atom. The topological polar surface area (TPSA) is 74.6 Å². The molecule has 26 heavy (non-hydrogen) atoms. The normalized spacial score (nSPS) is 21.9. The van der Waals surface area contributed by atoms with Crippen molar-refractivity contribution in [1.29, 1.82) is 0 Å². The second kappa shape index (κ2) is 12.1. The van der Waals surface area contributed by atoms with Crippen LogP contribution in [-0.2, 0) is 9.59 Å². The van der Waals surface area contributed by atoms with Crippen LogP contribution in [0, 0.1) is 23.7 Å². The minimum absolute atomic E-state index is 0.183. The summed E-state index contributed by atoms with van der Waals surface area (Å²) in [6.45, 7) is 3.83. The van der Waals surface area contributed by atoms with Gasteiger partial charge in [0.2, 0.25) is 0 Å². The van der Waals surface area contributed by atoms with Crippen molar-refractivity contribution in [3.05, 3.63) is 0 Å². The first-order chi connectivity index (χ1) is 12.4. The van der Waals surface area contributed by atoms with E-state index in [4.69, 9.17) is 5.11 Å².